The van der Waals surface area contributed by atoms with Crippen LogP contribution in [-0.2, 0) is 5.41 Å². The van der Waals surface area contributed by atoms with Crippen molar-refractivity contribution in [1.82, 2.24) is 34.6 Å². The molecule has 0 aromatic carbocycles. The van der Waals surface area contributed by atoms with E-state index in [1.807, 2.05) is 0 Å². The number of alkyl halides is 3. The van der Waals surface area contributed by atoms with E-state index in [1.54, 1.807) is 0 Å². The molecule has 1 aliphatic heterocycles. The van der Waals surface area contributed by atoms with Gasteiger partial charge in [-0.05, 0) is 6.07 Å². The van der Waals surface area contributed by atoms with Crippen molar-refractivity contribution in [3.8, 4) is 11.7 Å². The first-order valence-corrected chi connectivity index (χ1v) is 10.8. The number of carbonyl (C=O) groups is 1. The van der Waals surface area contributed by atoms with Crippen LogP contribution < -0.4 is 15.0 Å². The SMILES string of the molecule is C=C[C@@]1(C(F)(F)F)CN(C(=O)Nc2cc(Cl)c(-n3nccn3)nc2OC)c2cnc3cc(Cl)nn3c21. The lowest BCUT2D eigenvalue weighted by Gasteiger charge is -2.29. The lowest BCUT2D eigenvalue weighted by Crippen LogP contribution is -2.47. The fourth-order valence-corrected chi connectivity index (χ4v) is 4.36. The first-order valence-electron chi connectivity index (χ1n) is 10.0. The number of methoxy groups -OCH3 is 1. The van der Waals surface area contributed by atoms with Crippen molar-refractivity contribution in [2.45, 2.75) is 11.6 Å². The maximum atomic E-state index is 14.5. The average molecular weight is 540 g/mol. The molecule has 186 valence electrons. The van der Waals surface area contributed by atoms with E-state index in [2.05, 4.69) is 37.2 Å². The molecule has 4 aromatic heterocycles. The molecule has 0 unspecified atom stereocenters. The van der Waals surface area contributed by atoms with Gasteiger partial charge in [-0.1, -0.05) is 29.3 Å². The lowest BCUT2D eigenvalue weighted by molar-refractivity contribution is -0.172. The summed E-state index contributed by atoms with van der Waals surface area (Å²) in [5.74, 6) is 0.0469. The summed E-state index contributed by atoms with van der Waals surface area (Å²) in [4.78, 5) is 23.6. The van der Waals surface area contributed by atoms with Gasteiger partial charge in [0.15, 0.2) is 16.6 Å². The van der Waals surface area contributed by atoms with Crippen molar-refractivity contribution < 1.29 is 22.7 Å². The summed E-state index contributed by atoms with van der Waals surface area (Å²) in [7, 11) is 1.30. The fourth-order valence-electron chi connectivity index (χ4n) is 3.96. The van der Waals surface area contributed by atoms with Gasteiger partial charge in [0, 0.05) is 6.07 Å². The number of hydrogen-bond donors (Lipinski definition) is 1. The van der Waals surface area contributed by atoms with Gasteiger partial charge >= 0.3 is 12.2 Å². The summed E-state index contributed by atoms with van der Waals surface area (Å²) in [5, 5.41) is 14.3. The highest BCUT2D eigenvalue weighted by Crippen LogP contribution is 2.51. The number of hydrogen-bond acceptors (Lipinski definition) is 7. The maximum absolute atomic E-state index is 14.5. The normalized spacial score (nSPS) is 17.3. The molecule has 0 saturated carbocycles. The second-order valence-corrected chi connectivity index (χ2v) is 8.38. The van der Waals surface area contributed by atoms with Crippen LogP contribution in [0, 0.1) is 0 Å². The van der Waals surface area contributed by atoms with Crippen LogP contribution in [0.1, 0.15) is 5.69 Å². The highest BCUT2D eigenvalue weighted by Gasteiger charge is 2.62. The molecule has 2 amide bonds. The Balaban J connectivity index is 1.58. The van der Waals surface area contributed by atoms with Gasteiger partial charge in [-0.2, -0.15) is 33.5 Å². The van der Waals surface area contributed by atoms with Crippen molar-refractivity contribution in [3.05, 3.63) is 59.2 Å². The second-order valence-electron chi connectivity index (χ2n) is 7.59. The zero-order valence-corrected chi connectivity index (χ0v) is 19.7. The molecule has 0 bridgehead atoms. The highest BCUT2D eigenvalue weighted by atomic mass is 35.5. The number of nitrogens with zero attached hydrogens (tertiary/aromatic N) is 8. The number of nitrogens with one attached hydrogen (secondary N) is 1. The van der Waals surface area contributed by atoms with Gasteiger partial charge in [0.25, 0.3) is 0 Å². The number of amides is 2. The van der Waals surface area contributed by atoms with Crippen LogP contribution in [0.5, 0.6) is 5.88 Å². The van der Waals surface area contributed by atoms with Crippen molar-refractivity contribution in [3.63, 3.8) is 0 Å². The highest BCUT2D eigenvalue weighted by molar-refractivity contribution is 6.32. The molecule has 1 N–H and O–H groups in total. The molecule has 36 heavy (non-hydrogen) atoms. The van der Waals surface area contributed by atoms with E-state index in [0.717, 1.165) is 26.5 Å². The molecule has 1 atom stereocenters. The summed E-state index contributed by atoms with van der Waals surface area (Å²) >= 11 is 12.2. The molecule has 16 heteroatoms. The second kappa shape index (κ2) is 8.34. The van der Waals surface area contributed by atoms with Gasteiger partial charge in [0.05, 0.1) is 48.6 Å². The van der Waals surface area contributed by atoms with E-state index < -0.39 is 24.2 Å². The van der Waals surface area contributed by atoms with Crippen LogP contribution in [0.2, 0.25) is 10.2 Å². The minimum absolute atomic E-state index is 0.00392. The van der Waals surface area contributed by atoms with Gasteiger partial charge in [0.1, 0.15) is 11.1 Å². The van der Waals surface area contributed by atoms with E-state index >= 15 is 0 Å². The number of anilines is 2. The van der Waals surface area contributed by atoms with E-state index in [-0.39, 0.29) is 44.6 Å². The third-order valence-corrected chi connectivity index (χ3v) is 6.08. The van der Waals surface area contributed by atoms with Crippen LogP contribution in [-0.4, -0.2) is 60.4 Å². The predicted molar refractivity (Wildman–Crippen MR) is 123 cm³/mol. The number of fused-ring (bicyclic) bond motifs is 3. The molecule has 0 fully saturated rings. The van der Waals surface area contributed by atoms with Gasteiger partial charge in [-0.15, -0.1) is 11.4 Å². The summed E-state index contributed by atoms with van der Waals surface area (Å²) in [6.45, 7) is 2.59. The number of halogens is 5. The maximum Gasteiger partial charge on any atom is 0.405 e. The number of carbonyl (C=O) groups excluding carboxylic acids is 1. The molecule has 0 spiro atoms. The van der Waals surface area contributed by atoms with E-state index in [9.17, 15) is 18.0 Å². The third kappa shape index (κ3) is 3.52. The Bertz CT molecular complexity index is 1510. The zero-order valence-electron chi connectivity index (χ0n) is 18.2. The Morgan fingerprint density at radius 2 is 2.00 bits per heavy atom. The molecular formula is C20H14Cl2F3N9O2. The van der Waals surface area contributed by atoms with E-state index in [0.29, 0.717) is 0 Å². The molecule has 5 rings (SSSR count). The third-order valence-electron chi connectivity index (χ3n) is 5.62. The van der Waals surface area contributed by atoms with Crippen LogP contribution in [0.25, 0.3) is 11.5 Å². The smallest absolute Gasteiger partial charge is 0.405 e. The molecule has 1 aliphatic rings. The zero-order chi connectivity index (χ0) is 25.8. The first kappa shape index (κ1) is 23.8. The summed E-state index contributed by atoms with van der Waals surface area (Å²) < 4.78 is 49.6. The number of urea groups is 1. The van der Waals surface area contributed by atoms with Crippen LogP contribution in [0.4, 0.5) is 29.3 Å². The summed E-state index contributed by atoms with van der Waals surface area (Å²) in [5.41, 5.74) is -3.04. The number of ether oxygens (including phenoxy) is 1. The Morgan fingerprint density at radius 3 is 2.64 bits per heavy atom. The van der Waals surface area contributed by atoms with E-state index in [4.69, 9.17) is 27.9 Å². The van der Waals surface area contributed by atoms with Crippen LogP contribution in [0.15, 0.2) is 43.4 Å². The van der Waals surface area contributed by atoms with Crippen molar-refractivity contribution in [2.75, 3.05) is 23.9 Å². The summed E-state index contributed by atoms with van der Waals surface area (Å²) in [6, 6.07) is 1.70. The van der Waals surface area contributed by atoms with Gasteiger partial charge in [0.2, 0.25) is 5.88 Å². The van der Waals surface area contributed by atoms with Crippen molar-refractivity contribution in [1.29, 1.82) is 0 Å². The number of aromatic nitrogens is 7. The molecule has 5 heterocycles. The number of rotatable bonds is 4. The fraction of sp³-hybridized carbons (Fsp3) is 0.200. The minimum Gasteiger partial charge on any atom is -0.479 e. The molecule has 11 nitrogen and oxygen atoms in total. The molecular weight excluding hydrogens is 526 g/mol. The van der Waals surface area contributed by atoms with Crippen molar-refractivity contribution in [2.24, 2.45) is 0 Å². The van der Waals surface area contributed by atoms with Gasteiger partial charge < -0.3 is 10.1 Å². The molecule has 4 aromatic rings. The van der Waals surface area contributed by atoms with E-state index in [1.165, 1.54) is 31.6 Å². The topological polar surface area (TPSA) is 115 Å². The monoisotopic (exact) mass is 539 g/mol. The number of pyridine rings is 1. The summed E-state index contributed by atoms with van der Waals surface area (Å²) in [6.07, 6.45) is -0.121. The average Bonchev–Trinajstić information content (AvgIpc) is 3.55. The minimum atomic E-state index is -4.83. The van der Waals surface area contributed by atoms with Gasteiger partial charge in [-0.3, -0.25) is 4.90 Å². The predicted octanol–water partition coefficient (Wildman–Crippen LogP) is 4.06. The van der Waals surface area contributed by atoms with Crippen molar-refractivity contribution >= 4 is 46.3 Å². The van der Waals surface area contributed by atoms with Gasteiger partial charge in [-0.25, -0.2) is 14.3 Å². The standard InChI is InChI=1S/C20H14Cl2F3N9O2/c1-3-19(20(23,24)25)9-32(12-8-26-14-7-13(22)31-33(14)15(12)19)18(35)29-11-6-10(21)16(30-17(11)36-2)34-27-4-5-28-34/h3-8H,1,9H2,2H3,(H,29,35)/t19-/m1/s1. The largest absolute Gasteiger partial charge is 0.479 e. The molecule has 0 radical (unpaired) electrons. The Morgan fingerprint density at radius 1 is 1.28 bits per heavy atom. The Labute approximate surface area is 210 Å². The Kier molecular flexibility index (Phi) is 5.52. The van der Waals surface area contributed by atoms with Crippen LogP contribution in [0.3, 0.4) is 0 Å². The first-order chi connectivity index (χ1) is 17.1. The quantitative estimate of drug-likeness (QED) is 0.389. The Hall–Kier alpha value is -3.91. The van der Waals surface area contributed by atoms with Crippen LogP contribution >= 0.6 is 23.2 Å². The lowest BCUT2D eigenvalue weighted by atomic mass is 9.85. The molecule has 0 saturated heterocycles. The molecule has 0 aliphatic carbocycles.